The molecule has 1 N–H and O–H groups in total. The lowest BCUT2D eigenvalue weighted by Gasteiger charge is -2.25. The molecule has 10 heteroatoms. The van der Waals surface area contributed by atoms with Crippen LogP contribution in [0.25, 0.3) is 6.08 Å². The van der Waals surface area contributed by atoms with Crippen LogP contribution in [0.1, 0.15) is 31.0 Å². The Labute approximate surface area is 239 Å². The summed E-state index contributed by atoms with van der Waals surface area (Å²) in [5, 5.41) is 13.7. The van der Waals surface area contributed by atoms with Crippen molar-refractivity contribution < 1.29 is 24.2 Å². The zero-order valence-corrected chi connectivity index (χ0v) is 23.1. The molecule has 3 aromatic carbocycles. The van der Waals surface area contributed by atoms with Crippen molar-refractivity contribution >= 4 is 35.0 Å². The minimum Gasteiger partial charge on any atom is -0.546 e. The van der Waals surface area contributed by atoms with E-state index in [1.807, 2.05) is 49.4 Å². The fourth-order valence-electron chi connectivity index (χ4n) is 4.55. The smallest absolute Gasteiger partial charge is 0.271 e. The van der Waals surface area contributed by atoms with Gasteiger partial charge in [0, 0.05) is 5.69 Å². The summed E-state index contributed by atoms with van der Waals surface area (Å²) >= 11 is 1.20. The van der Waals surface area contributed by atoms with Crippen LogP contribution in [0.4, 0.5) is 5.69 Å². The quantitative estimate of drug-likeness (QED) is 0.331. The minimum absolute atomic E-state index is 0.314. The van der Waals surface area contributed by atoms with Crippen LogP contribution in [0.15, 0.2) is 99.9 Å². The Bertz CT molecular complexity index is 1810. The molecule has 208 valence electrons. The van der Waals surface area contributed by atoms with Crippen molar-refractivity contribution in [3.05, 3.63) is 121 Å². The summed E-state index contributed by atoms with van der Waals surface area (Å²) in [6.45, 7) is 3.59. The van der Waals surface area contributed by atoms with Gasteiger partial charge in [0.15, 0.2) is 4.80 Å². The summed E-state index contributed by atoms with van der Waals surface area (Å²) in [6, 6.07) is 22.4. The SMILES string of the molecule is CCOc1ccc([C@@H]2C(C(=O)Nc3ccccc3)=C(C)N=c3s/c(=C\c4cccc(OCC(=O)[O-])c4)c(=O)n32)cc1. The van der Waals surface area contributed by atoms with Crippen molar-refractivity contribution in [3.63, 3.8) is 0 Å². The van der Waals surface area contributed by atoms with Crippen molar-refractivity contribution in [3.8, 4) is 11.5 Å². The first-order chi connectivity index (χ1) is 19.8. The highest BCUT2D eigenvalue weighted by Crippen LogP contribution is 2.31. The maximum atomic E-state index is 13.9. The Morgan fingerprint density at radius 3 is 2.49 bits per heavy atom. The van der Waals surface area contributed by atoms with Gasteiger partial charge in [-0.1, -0.05) is 53.8 Å². The maximum absolute atomic E-state index is 13.9. The first-order valence-electron chi connectivity index (χ1n) is 12.9. The predicted molar refractivity (Wildman–Crippen MR) is 153 cm³/mol. The maximum Gasteiger partial charge on any atom is 0.271 e. The zero-order valence-electron chi connectivity index (χ0n) is 22.3. The molecule has 0 saturated heterocycles. The molecule has 0 aliphatic carbocycles. The van der Waals surface area contributed by atoms with Crippen molar-refractivity contribution in [2.45, 2.75) is 19.9 Å². The third kappa shape index (κ3) is 6.12. The number of carbonyl (C=O) groups excluding carboxylic acids is 2. The van der Waals surface area contributed by atoms with E-state index in [0.717, 1.165) is 5.56 Å². The number of fused-ring (bicyclic) bond motifs is 1. The number of carbonyl (C=O) groups is 2. The fourth-order valence-corrected chi connectivity index (χ4v) is 5.59. The minimum atomic E-state index is -1.33. The van der Waals surface area contributed by atoms with Crippen molar-refractivity contribution in [2.24, 2.45) is 4.99 Å². The number of para-hydroxylation sites is 1. The number of allylic oxidation sites excluding steroid dienone is 1. The van der Waals surface area contributed by atoms with Crippen LogP contribution >= 0.6 is 11.3 Å². The number of aliphatic carboxylic acids is 1. The summed E-state index contributed by atoms with van der Waals surface area (Å²) in [4.78, 5) is 43.4. The van der Waals surface area contributed by atoms with Crippen molar-refractivity contribution in [1.29, 1.82) is 0 Å². The molecule has 0 unspecified atom stereocenters. The molecular weight excluding hydrogens is 542 g/mol. The molecule has 0 fully saturated rings. The van der Waals surface area contributed by atoms with Gasteiger partial charge in [-0.3, -0.25) is 14.2 Å². The highest BCUT2D eigenvalue weighted by atomic mass is 32.1. The van der Waals surface area contributed by atoms with Crippen LogP contribution < -0.4 is 34.8 Å². The molecule has 2 heterocycles. The average Bonchev–Trinajstić information content (AvgIpc) is 3.26. The van der Waals surface area contributed by atoms with Crippen LogP contribution in [0.5, 0.6) is 11.5 Å². The number of carboxylic acid groups (broad SMARTS) is 1. The molecule has 4 aromatic rings. The van der Waals surface area contributed by atoms with Gasteiger partial charge in [0.05, 0.1) is 34.4 Å². The van der Waals surface area contributed by atoms with Crippen molar-refractivity contribution in [1.82, 2.24) is 4.57 Å². The number of amides is 1. The van der Waals surface area contributed by atoms with Gasteiger partial charge in [-0.25, -0.2) is 4.99 Å². The number of benzene rings is 3. The molecule has 1 amide bonds. The third-order valence-electron chi connectivity index (χ3n) is 6.32. The van der Waals surface area contributed by atoms with E-state index in [1.54, 1.807) is 49.4 Å². The van der Waals surface area contributed by atoms with Gasteiger partial charge in [0.1, 0.15) is 18.1 Å². The lowest BCUT2D eigenvalue weighted by atomic mass is 9.95. The lowest BCUT2D eigenvalue weighted by Crippen LogP contribution is -2.40. The number of hydrogen-bond acceptors (Lipinski definition) is 8. The van der Waals surface area contributed by atoms with Crippen LogP contribution in [-0.4, -0.2) is 29.7 Å². The summed E-state index contributed by atoms with van der Waals surface area (Å²) < 4.78 is 12.8. The molecule has 1 atom stereocenters. The second-order valence-electron chi connectivity index (χ2n) is 9.14. The van der Waals surface area contributed by atoms with E-state index < -0.39 is 18.6 Å². The molecule has 0 bridgehead atoms. The first-order valence-corrected chi connectivity index (χ1v) is 13.7. The summed E-state index contributed by atoms with van der Waals surface area (Å²) in [6.07, 6.45) is 1.69. The molecule has 5 rings (SSSR count). The number of ether oxygens (including phenoxy) is 2. The molecule has 0 spiro atoms. The van der Waals surface area contributed by atoms with Crippen LogP contribution in [0.3, 0.4) is 0 Å². The topological polar surface area (TPSA) is 122 Å². The van der Waals surface area contributed by atoms with Crippen LogP contribution in [0, 0.1) is 0 Å². The predicted octanol–water partition coefficient (Wildman–Crippen LogP) is 2.40. The van der Waals surface area contributed by atoms with E-state index in [9.17, 15) is 19.5 Å². The highest BCUT2D eigenvalue weighted by Gasteiger charge is 2.32. The number of nitrogens with one attached hydrogen (secondary N) is 1. The van der Waals surface area contributed by atoms with Gasteiger partial charge in [0.2, 0.25) is 0 Å². The van der Waals surface area contributed by atoms with Crippen molar-refractivity contribution in [2.75, 3.05) is 18.5 Å². The number of nitrogens with zero attached hydrogens (tertiary/aromatic N) is 2. The first kappa shape index (κ1) is 27.6. The van der Waals surface area contributed by atoms with E-state index >= 15 is 0 Å². The fraction of sp³-hybridized carbons (Fsp3) is 0.161. The Balaban J connectivity index is 1.60. The molecule has 1 aliphatic rings. The highest BCUT2D eigenvalue weighted by molar-refractivity contribution is 7.07. The molecule has 1 aromatic heterocycles. The number of aromatic nitrogens is 1. The molecule has 9 nitrogen and oxygen atoms in total. The van der Waals surface area contributed by atoms with Gasteiger partial charge >= 0.3 is 0 Å². The lowest BCUT2D eigenvalue weighted by molar-refractivity contribution is -0.307. The van der Waals surface area contributed by atoms with E-state index in [0.29, 0.717) is 50.0 Å². The number of rotatable bonds is 9. The van der Waals surface area contributed by atoms with E-state index in [-0.39, 0.29) is 11.5 Å². The van der Waals surface area contributed by atoms with Gasteiger partial charge in [-0.2, -0.15) is 0 Å². The summed E-state index contributed by atoms with van der Waals surface area (Å²) in [5.74, 6) is -0.678. The summed E-state index contributed by atoms with van der Waals surface area (Å²) in [7, 11) is 0. The van der Waals surface area contributed by atoms with Gasteiger partial charge in [0.25, 0.3) is 11.5 Å². The van der Waals surface area contributed by atoms with E-state index in [1.165, 1.54) is 15.9 Å². The molecule has 0 saturated carbocycles. The van der Waals surface area contributed by atoms with Crippen LogP contribution in [0.2, 0.25) is 0 Å². The second-order valence-corrected chi connectivity index (χ2v) is 10.1. The van der Waals surface area contributed by atoms with E-state index in [4.69, 9.17) is 9.47 Å². The molecule has 1 aliphatic heterocycles. The van der Waals surface area contributed by atoms with E-state index in [2.05, 4.69) is 10.3 Å². The Hall–Kier alpha value is -4.96. The zero-order chi connectivity index (χ0) is 28.9. The van der Waals surface area contributed by atoms with Gasteiger partial charge in [-0.05, 0) is 67.4 Å². The number of hydrogen-bond donors (Lipinski definition) is 1. The van der Waals surface area contributed by atoms with Crippen LogP contribution in [-0.2, 0) is 9.59 Å². The number of thiazole rings is 1. The molecular formula is C31H26N3O6S-. The van der Waals surface area contributed by atoms with Gasteiger partial charge in [-0.15, -0.1) is 0 Å². The second kappa shape index (κ2) is 12.1. The summed E-state index contributed by atoms with van der Waals surface area (Å²) in [5.41, 5.74) is 2.54. The number of carboxylic acids is 1. The Morgan fingerprint density at radius 2 is 1.78 bits per heavy atom. The number of anilines is 1. The monoisotopic (exact) mass is 568 g/mol. The molecule has 0 radical (unpaired) electrons. The standard InChI is InChI=1S/C31H27N3O6S/c1-3-39-23-14-12-21(13-15-23)28-27(29(37)33-22-9-5-4-6-10-22)19(2)32-31-34(28)30(38)25(41-31)17-20-8-7-11-24(16-20)40-18-26(35)36/h4-17,28H,3,18H2,1-2H3,(H,33,37)(H,35,36)/p-1/b25-17-/t28-/m1/s1. The normalized spacial score (nSPS) is 14.7. The molecule has 41 heavy (non-hydrogen) atoms. The van der Waals surface area contributed by atoms with Gasteiger partial charge < -0.3 is 24.7 Å². The Kier molecular flexibility index (Phi) is 8.11. The third-order valence-corrected chi connectivity index (χ3v) is 7.30. The largest absolute Gasteiger partial charge is 0.546 e. The average molecular weight is 569 g/mol. The Morgan fingerprint density at radius 1 is 1.02 bits per heavy atom.